The van der Waals surface area contributed by atoms with Crippen molar-refractivity contribution >= 4 is 29.0 Å². The molecule has 4 rings (SSSR count). The molecule has 3 heterocycles. The number of rotatable bonds is 4. The Labute approximate surface area is 165 Å². The quantitative estimate of drug-likeness (QED) is 0.567. The van der Waals surface area contributed by atoms with Crippen LogP contribution in [0.4, 0.5) is 16.3 Å². The zero-order valence-corrected chi connectivity index (χ0v) is 16.0. The number of hydrogen-bond donors (Lipinski definition) is 1. The number of nitrogen functional groups attached to an aromatic ring is 1. The lowest BCUT2D eigenvalue weighted by Crippen LogP contribution is -2.21. The zero-order chi connectivity index (χ0) is 19.8. The Hall–Kier alpha value is -3.26. The monoisotopic (exact) mass is 397 g/mol. The fourth-order valence-corrected chi connectivity index (χ4v) is 3.11. The van der Waals surface area contributed by atoms with Gasteiger partial charge in [0.25, 0.3) is 0 Å². The molecule has 7 nitrogen and oxygen atoms in total. The van der Waals surface area contributed by atoms with Crippen LogP contribution in [-0.2, 0) is 6.54 Å². The SMILES string of the molecule is Cc1ncc2ccc(-c3nc(N)nc(N(C)Cc4cccc(F)c4Cl)n3)cn12. The number of benzene rings is 1. The summed E-state index contributed by atoms with van der Waals surface area (Å²) in [5, 5.41) is 0.0811. The van der Waals surface area contributed by atoms with E-state index in [9.17, 15) is 4.39 Å². The molecule has 4 aromatic rings. The van der Waals surface area contributed by atoms with E-state index in [-0.39, 0.29) is 11.0 Å². The molecule has 142 valence electrons. The van der Waals surface area contributed by atoms with Crippen LogP contribution in [0.15, 0.2) is 42.7 Å². The molecule has 0 aliphatic rings. The van der Waals surface area contributed by atoms with Crippen LogP contribution in [-0.4, -0.2) is 31.4 Å². The van der Waals surface area contributed by atoms with Crippen LogP contribution in [0.2, 0.25) is 5.02 Å². The molecule has 0 radical (unpaired) electrons. The van der Waals surface area contributed by atoms with Crippen LogP contribution >= 0.6 is 11.6 Å². The molecule has 0 atom stereocenters. The van der Waals surface area contributed by atoms with E-state index in [1.54, 1.807) is 30.3 Å². The van der Waals surface area contributed by atoms with Gasteiger partial charge in [0.05, 0.1) is 16.7 Å². The van der Waals surface area contributed by atoms with Crippen molar-refractivity contribution in [1.29, 1.82) is 0 Å². The molecule has 28 heavy (non-hydrogen) atoms. The molecule has 0 amide bonds. The van der Waals surface area contributed by atoms with Gasteiger partial charge in [-0.05, 0) is 30.7 Å². The summed E-state index contributed by atoms with van der Waals surface area (Å²) in [7, 11) is 1.78. The van der Waals surface area contributed by atoms with Crippen molar-refractivity contribution in [3.63, 3.8) is 0 Å². The number of anilines is 2. The second kappa shape index (κ2) is 7.05. The maximum Gasteiger partial charge on any atom is 0.230 e. The first-order chi connectivity index (χ1) is 13.4. The van der Waals surface area contributed by atoms with Crippen molar-refractivity contribution in [1.82, 2.24) is 24.3 Å². The van der Waals surface area contributed by atoms with Gasteiger partial charge in [-0.15, -0.1) is 0 Å². The van der Waals surface area contributed by atoms with Crippen molar-refractivity contribution < 1.29 is 4.39 Å². The summed E-state index contributed by atoms with van der Waals surface area (Å²) in [5.74, 6) is 1.30. The number of nitrogens with zero attached hydrogens (tertiary/aromatic N) is 6. The summed E-state index contributed by atoms with van der Waals surface area (Å²) in [6, 6.07) is 8.52. The van der Waals surface area contributed by atoms with Crippen molar-refractivity contribution in [3.8, 4) is 11.4 Å². The predicted octanol–water partition coefficient (Wildman–Crippen LogP) is 3.51. The van der Waals surface area contributed by atoms with Gasteiger partial charge in [-0.25, -0.2) is 9.37 Å². The van der Waals surface area contributed by atoms with Crippen LogP contribution in [0.3, 0.4) is 0 Å². The van der Waals surface area contributed by atoms with E-state index in [4.69, 9.17) is 17.3 Å². The number of imidazole rings is 1. The average Bonchev–Trinajstić information content (AvgIpc) is 3.05. The first-order valence-electron chi connectivity index (χ1n) is 8.52. The highest BCUT2D eigenvalue weighted by Gasteiger charge is 2.14. The molecule has 0 fully saturated rings. The Bertz CT molecular complexity index is 1170. The maximum absolute atomic E-state index is 13.7. The predicted molar refractivity (Wildman–Crippen MR) is 107 cm³/mol. The Kier molecular flexibility index (Phi) is 4.56. The lowest BCUT2D eigenvalue weighted by molar-refractivity contribution is 0.625. The van der Waals surface area contributed by atoms with Gasteiger partial charge < -0.3 is 15.0 Å². The summed E-state index contributed by atoms with van der Waals surface area (Å²) in [4.78, 5) is 19.0. The molecule has 1 aromatic carbocycles. The van der Waals surface area contributed by atoms with Gasteiger partial charge >= 0.3 is 0 Å². The van der Waals surface area contributed by atoms with Crippen LogP contribution in [0.1, 0.15) is 11.4 Å². The van der Waals surface area contributed by atoms with Gasteiger partial charge in [0.15, 0.2) is 5.82 Å². The fraction of sp³-hybridized carbons (Fsp3) is 0.158. The highest BCUT2D eigenvalue weighted by Crippen LogP contribution is 2.24. The van der Waals surface area contributed by atoms with Crippen molar-refractivity contribution in [3.05, 3.63) is 65.0 Å². The van der Waals surface area contributed by atoms with E-state index in [2.05, 4.69) is 19.9 Å². The van der Waals surface area contributed by atoms with E-state index in [0.29, 0.717) is 23.9 Å². The van der Waals surface area contributed by atoms with Crippen molar-refractivity contribution in [2.45, 2.75) is 13.5 Å². The van der Waals surface area contributed by atoms with Crippen LogP contribution in [0.5, 0.6) is 0 Å². The smallest absolute Gasteiger partial charge is 0.230 e. The Balaban J connectivity index is 1.69. The zero-order valence-electron chi connectivity index (χ0n) is 15.3. The summed E-state index contributed by atoms with van der Waals surface area (Å²) >= 11 is 6.05. The summed E-state index contributed by atoms with van der Waals surface area (Å²) in [6.07, 6.45) is 3.70. The minimum atomic E-state index is -0.465. The second-order valence-electron chi connectivity index (χ2n) is 6.40. The summed E-state index contributed by atoms with van der Waals surface area (Å²) in [5.41, 5.74) is 8.29. The lowest BCUT2D eigenvalue weighted by atomic mass is 10.2. The Morgan fingerprint density at radius 3 is 2.82 bits per heavy atom. The molecule has 0 bridgehead atoms. The minimum absolute atomic E-state index is 0.0811. The number of halogens is 2. The molecule has 3 aromatic heterocycles. The molecule has 0 aliphatic carbocycles. The third-order valence-corrected chi connectivity index (χ3v) is 4.82. The first-order valence-corrected chi connectivity index (χ1v) is 8.90. The van der Waals surface area contributed by atoms with Crippen LogP contribution in [0, 0.1) is 12.7 Å². The van der Waals surface area contributed by atoms with Gasteiger partial charge in [-0.1, -0.05) is 23.7 Å². The highest BCUT2D eigenvalue weighted by molar-refractivity contribution is 6.31. The van der Waals surface area contributed by atoms with Crippen LogP contribution in [0.25, 0.3) is 16.9 Å². The normalized spacial score (nSPS) is 11.1. The summed E-state index contributed by atoms with van der Waals surface area (Å²) < 4.78 is 15.6. The molecule has 9 heteroatoms. The van der Waals surface area contributed by atoms with E-state index >= 15 is 0 Å². The van der Waals surface area contributed by atoms with E-state index in [1.165, 1.54) is 6.07 Å². The van der Waals surface area contributed by atoms with Gasteiger partial charge in [-0.2, -0.15) is 15.0 Å². The molecular formula is C19H17ClFN7. The standard InChI is InChI=1S/C19H17ClFN7/c1-11-23-8-14-7-6-13(10-28(11)14)17-24-18(22)26-19(25-17)27(2)9-12-4-3-5-15(21)16(12)20/h3-8,10H,9H2,1-2H3,(H2,22,24,25,26). The number of aryl methyl sites for hydroxylation is 1. The molecular weight excluding hydrogens is 381 g/mol. The van der Waals surface area contributed by atoms with Gasteiger partial charge in [0.1, 0.15) is 11.6 Å². The molecule has 0 saturated carbocycles. The van der Waals surface area contributed by atoms with Gasteiger partial charge in [-0.3, -0.25) is 0 Å². The number of nitrogens with two attached hydrogens (primary N) is 1. The average molecular weight is 398 g/mol. The van der Waals surface area contributed by atoms with E-state index < -0.39 is 5.82 Å². The Morgan fingerprint density at radius 1 is 1.18 bits per heavy atom. The molecule has 0 saturated heterocycles. The number of pyridine rings is 1. The summed E-state index contributed by atoms with van der Waals surface area (Å²) in [6.45, 7) is 2.24. The molecule has 0 unspecified atom stereocenters. The number of hydrogen-bond acceptors (Lipinski definition) is 6. The highest BCUT2D eigenvalue weighted by atomic mass is 35.5. The van der Waals surface area contributed by atoms with Crippen molar-refractivity contribution in [2.24, 2.45) is 0 Å². The third kappa shape index (κ3) is 3.34. The minimum Gasteiger partial charge on any atom is -0.368 e. The maximum atomic E-state index is 13.7. The van der Waals surface area contributed by atoms with Crippen molar-refractivity contribution in [2.75, 3.05) is 17.7 Å². The Morgan fingerprint density at radius 2 is 2.00 bits per heavy atom. The van der Waals surface area contributed by atoms with E-state index in [1.807, 2.05) is 29.7 Å². The van der Waals surface area contributed by atoms with Crippen LogP contribution < -0.4 is 10.6 Å². The fourth-order valence-electron chi connectivity index (χ4n) is 2.93. The van der Waals surface area contributed by atoms with E-state index in [0.717, 1.165) is 16.9 Å². The second-order valence-corrected chi connectivity index (χ2v) is 6.78. The third-order valence-electron chi connectivity index (χ3n) is 4.39. The topological polar surface area (TPSA) is 85.2 Å². The first kappa shape index (κ1) is 18.1. The molecule has 0 aliphatic heterocycles. The number of aromatic nitrogens is 5. The lowest BCUT2D eigenvalue weighted by Gasteiger charge is -2.18. The van der Waals surface area contributed by atoms with Gasteiger partial charge in [0.2, 0.25) is 11.9 Å². The number of fused-ring (bicyclic) bond motifs is 1. The van der Waals surface area contributed by atoms with Gasteiger partial charge in [0, 0.05) is 25.4 Å². The largest absolute Gasteiger partial charge is 0.368 e. The molecule has 0 spiro atoms. The molecule has 2 N–H and O–H groups in total.